The van der Waals surface area contributed by atoms with Crippen molar-refractivity contribution in [1.29, 1.82) is 0 Å². The van der Waals surface area contributed by atoms with E-state index in [1.54, 1.807) is 0 Å². The molecule has 0 aliphatic rings. The highest BCUT2D eigenvalue weighted by Crippen LogP contribution is 2.47. The summed E-state index contributed by atoms with van der Waals surface area (Å²) in [7, 11) is 0. The van der Waals surface area contributed by atoms with Crippen LogP contribution in [-0.4, -0.2) is 13.7 Å². The fourth-order valence-corrected chi connectivity index (χ4v) is 8.46. The number of benzene rings is 7. The van der Waals surface area contributed by atoms with Crippen molar-refractivity contribution in [3.05, 3.63) is 189 Å². The van der Waals surface area contributed by atoms with Gasteiger partial charge in [0.25, 0.3) is 0 Å². The van der Waals surface area contributed by atoms with Crippen molar-refractivity contribution < 1.29 is 0 Å². The van der Waals surface area contributed by atoms with Gasteiger partial charge in [-0.05, 0) is 72.7 Å². The molecule has 10 rings (SSSR count). The summed E-state index contributed by atoms with van der Waals surface area (Å²) in [5.41, 5.74) is 13.0. The number of para-hydroxylation sites is 3. The van der Waals surface area contributed by atoms with Crippen LogP contribution >= 0.6 is 0 Å². The topological polar surface area (TPSA) is 14.8 Å². The van der Waals surface area contributed by atoms with E-state index < -0.39 is 0 Å². The van der Waals surface area contributed by atoms with Gasteiger partial charge in [0.05, 0.1) is 33.1 Å². The van der Waals surface area contributed by atoms with Gasteiger partial charge in [0, 0.05) is 49.4 Å². The number of fused-ring (bicyclic) bond motifs is 11. The fourth-order valence-electron chi connectivity index (χ4n) is 8.46. The molecule has 0 amide bonds. The van der Waals surface area contributed by atoms with Crippen LogP contribution < -0.4 is 0 Å². The van der Waals surface area contributed by atoms with Crippen LogP contribution in [0, 0.1) is 0 Å². The average molecular weight is 666 g/mol. The molecule has 0 saturated heterocycles. The molecule has 0 bridgehead atoms. The molecule has 3 heterocycles. The van der Waals surface area contributed by atoms with E-state index in [2.05, 4.69) is 197 Å². The average Bonchev–Trinajstić information content (AvgIpc) is 3.84. The third kappa shape index (κ3) is 4.33. The summed E-state index contributed by atoms with van der Waals surface area (Å²) in [5.74, 6) is 0. The molecule has 3 nitrogen and oxygen atoms in total. The van der Waals surface area contributed by atoms with Crippen LogP contribution in [0.3, 0.4) is 0 Å². The van der Waals surface area contributed by atoms with Crippen molar-refractivity contribution in [2.24, 2.45) is 0 Å². The van der Waals surface area contributed by atoms with Gasteiger partial charge < -0.3 is 13.7 Å². The summed E-state index contributed by atoms with van der Waals surface area (Å²) in [4.78, 5) is 0. The third-order valence-electron chi connectivity index (χ3n) is 10.5. The van der Waals surface area contributed by atoms with E-state index in [0.29, 0.717) is 0 Å². The van der Waals surface area contributed by atoms with Crippen LogP contribution in [0.4, 0.5) is 0 Å². The minimum atomic E-state index is 1.14. The number of aromatic nitrogens is 3. The summed E-state index contributed by atoms with van der Waals surface area (Å²) in [6, 6.07) is 57.4. The van der Waals surface area contributed by atoms with E-state index in [1.165, 1.54) is 76.5 Å². The van der Waals surface area contributed by atoms with Crippen LogP contribution in [0.5, 0.6) is 0 Å². The Hall–Kier alpha value is -6.84. The second-order valence-electron chi connectivity index (χ2n) is 13.4. The molecule has 0 atom stereocenters. The van der Waals surface area contributed by atoms with Crippen molar-refractivity contribution in [2.45, 2.75) is 6.92 Å². The first-order chi connectivity index (χ1) is 25.7. The molecule has 0 unspecified atom stereocenters. The molecule has 0 saturated carbocycles. The summed E-state index contributed by atoms with van der Waals surface area (Å²) >= 11 is 0. The van der Waals surface area contributed by atoms with E-state index in [1.807, 2.05) is 12.2 Å². The zero-order chi connectivity index (χ0) is 34.8. The molecule has 3 heteroatoms. The summed E-state index contributed by atoms with van der Waals surface area (Å²) in [5, 5.41) is 7.46. The van der Waals surface area contributed by atoms with Crippen molar-refractivity contribution in [3.63, 3.8) is 0 Å². The molecule has 52 heavy (non-hydrogen) atoms. The predicted octanol–water partition coefficient (Wildman–Crippen LogP) is 13.3. The highest BCUT2D eigenvalue weighted by Gasteiger charge is 2.25. The van der Waals surface area contributed by atoms with Gasteiger partial charge in [-0.3, -0.25) is 0 Å². The van der Waals surface area contributed by atoms with E-state index >= 15 is 0 Å². The lowest BCUT2D eigenvalue weighted by atomic mass is 9.98. The number of rotatable bonds is 6. The van der Waals surface area contributed by atoms with Crippen LogP contribution in [0.2, 0.25) is 0 Å². The predicted molar refractivity (Wildman–Crippen MR) is 223 cm³/mol. The smallest absolute Gasteiger partial charge is 0.0641 e. The number of hydrogen-bond donors (Lipinski definition) is 0. The molecular weight excluding hydrogens is 631 g/mol. The Morgan fingerprint density at radius 1 is 0.462 bits per heavy atom. The quantitative estimate of drug-likeness (QED) is 0.157. The molecule has 0 aliphatic heterocycles. The first-order valence-electron chi connectivity index (χ1n) is 17.8. The third-order valence-corrected chi connectivity index (χ3v) is 10.5. The highest BCUT2D eigenvalue weighted by atomic mass is 15.0. The maximum absolute atomic E-state index is 3.87. The monoisotopic (exact) mass is 665 g/mol. The van der Waals surface area contributed by atoms with Gasteiger partial charge in [0.1, 0.15) is 0 Å². The van der Waals surface area contributed by atoms with E-state index in [-0.39, 0.29) is 0 Å². The molecule has 3 aromatic heterocycles. The lowest BCUT2D eigenvalue weighted by Gasteiger charge is -2.11. The van der Waals surface area contributed by atoms with Gasteiger partial charge in [-0.25, -0.2) is 0 Å². The highest BCUT2D eigenvalue weighted by molar-refractivity contribution is 6.33. The van der Waals surface area contributed by atoms with Crippen molar-refractivity contribution in [3.8, 4) is 22.5 Å². The molecule has 0 radical (unpaired) electrons. The molecule has 0 N–H and O–H groups in total. The second kappa shape index (κ2) is 11.9. The standard InChI is InChI=1S/C49H35N3/c1-3-4-8-18-33(2)50-41-27-16-15-25-40(41)46-43(50)31-29-38-39-30-32-44-47(49(39)52(48(38)46)36-23-13-7-14-24-36)45-37(34-19-9-5-10-20-34)26-17-28-42(45)51(44)35-21-11-6-12-22-35/h3-32H,1H2,2H3/b8-4-,33-18+. The maximum Gasteiger partial charge on any atom is 0.0641 e. The number of allylic oxidation sites excluding steroid dienone is 5. The van der Waals surface area contributed by atoms with Crippen LogP contribution in [0.1, 0.15) is 6.92 Å². The number of hydrogen-bond acceptors (Lipinski definition) is 0. The molecule has 7 aromatic carbocycles. The Morgan fingerprint density at radius 3 is 1.75 bits per heavy atom. The van der Waals surface area contributed by atoms with Gasteiger partial charge in [0.2, 0.25) is 0 Å². The van der Waals surface area contributed by atoms with Gasteiger partial charge in [0.15, 0.2) is 0 Å². The first kappa shape index (κ1) is 30.0. The van der Waals surface area contributed by atoms with E-state index in [9.17, 15) is 0 Å². The Bertz CT molecular complexity index is 3060. The van der Waals surface area contributed by atoms with Crippen LogP contribution in [0.25, 0.3) is 93.6 Å². The maximum atomic E-state index is 3.87. The van der Waals surface area contributed by atoms with Gasteiger partial charge >= 0.3 is 0 Å². The van der Waals surface area contributed by atoms with Crippen molar-refractivity contribution in [2.75, 3.05) is 0 Å². The normalized spacial score (nSPS) is 12.4. The zero-order valence-electron chi connectivity index (χ0n) is 28.9. The second-order valence-corrected chi connectivity index (χ2v) is 13.4. The van der Waals surface area contributed by atoms with Crippen LogP contribution in [-0.2, 0) is 0 Å². The van der Waals surface area contributed by atoms with Gasteiger partial charge in [-0.15, -0.1) is 0 Å². The Morgan fingerprint density at radius 2 is 1.04 bits per heavy atom. The van der Waals surface area contributed by atoms with Crippen LogP contribution in [0.15, 0.2) is 189 Å². The van der Waals surface area contributed by atoms with E-state index in [0.717, 1.165) is 17.1 Å². The Labute approximate surface area is 301 Å². The zero-order valence-corrected chi connectivity index (χ0v) is 28.9. The molecular formula is C49H35N3. The molecule has 246 valence electrons. The minimum Gasteiger partial charge on any atom is -0.313 e. The lowest BCUT2D eigenvalue weighted by Crippen LogP contribution is -1.96. The van der Waals surface area contributed by atoms with Crippen molar-refractivity contribution in [1.82, 2.24) is 13.7 Å². The van der Waals surface area contributed by atoms with Crippen molar-refractivity contribution >= 4 is 71.1 Å². The Kier molecular flexibility index (Phi) is 6.87. The van der Waals surface area contributed by atoms with E-state index in [4.69, 9.17) is 0 Å². The molecule has 0 aliphatic carbocycles. The molecule has 10 aromatic rings. The van der Waals surface area contributed by atoms with Gasteiger partial charge in [-0.2, -0.15) is 0 Å². The number of nitrogens with zero attached hydrogens (tertiary/aromatic N) is 3. The van der Waals surface area contributed by atoms with Gasteiger partial charge in [-0.1, -0.05) is 134 Å². The molecule has 0 spiro atoms. The SMILES string of the molecule is C=C/C=C\C=C(/C)n1c2ccccc2c2c1ccc1c3ccc4c(c5c(-c6ccccc6)cccc5n4-c4ccccc4)c3n(-c3ccccc3)c12. The minimum absolute atomic E-state index is 1.14. The largest absolute Gasteiger partial charge is 0.313 e. The summed E-state index contributed by atoms with van der Waals surface area (Å²) in [6.45, 7) is 6.05. The summed E-state index contributed by atoms with van der Waals surface area (Å²) in [6.07, 6.45) is 8.02. The lowest BCUT2D eigenvalue weighted by molar-refractivity contribution is 1.17. The molecule has 0 fully saturated rings. The first-order valence-corrected chi connectivity index (χ1v) is 17.8. The summed E-state index contributed by atoms with van der Waals surface area (Å²) < 4.78 is 7.38. The Balaban J connectivity index is 1.47. The fraction of sp³-hybridized carbons (Fsp3) is 0.0204.